The number of nitrogens with zero attached hydrogens (tertiary/aromatic N) is 1. The number of ether oxygens (including phenoxy) is 1. The fourth-order valence-electron chi connectivity index (χ4n) is 1.07. The van der Waals surface area contributed by atoms with Gasteiger partial charge in [-0.25, -0.2) is 10.2 Å². The van der Waals surface area contributed by atoms with Gasteiger partial charge in [0.15, 0.2) is 0 Å². The quantitative estimate of drug-likeness (QED) is 0.571. The fourth-order valence-corrected chi connectivity index (χ4v) is 1.07. The van der Waals surface area contributed by atoms with Crippen LogP contribution >= 0.6 is 0 Å². The number of hydrogen-bond acceptors (Lipinski definition) is 3. The molecule has 68 valence electrons. The van der Waals surface area contributed by atoms with Gasteiger partial charge in [-0.3, -0.25) is 0 Å². The summed E-state index contributed by atoms with van der Waals surface area (Å²) in [7, 11) is 0. The largest absolute Gasteiger partial charge is 0.464 e. The predicted molar refractivity (Wildman–Crippen MR) is 43.2 cm³/mol. The normalized spacial score (nSPS) is 27.1. The summed E-state index contributed by atoms with van der Waals surface area (Å²) in [5.41, 5.74) is 2.86. The Hall–Kier alpha value is -1.10. The van der Waals surface area contributed by atoms with E-state index in [9.17, 15) is 4.79 Å². The molecule has 1 atom stereocenters. The van der Waals surface area contributed by atoms with E-state index in [-0.39, 0.29) is 5.92 Å². The maximum absolute atomic E-state index is 10.1. The van der Waals surface area contributed by atoms with Crippen molar-refractivity contribution in [2.75, 3.05) is 13.2 Å². The van der Waals surface area contributed by atoms with Crippen LogP contribution in [0.5, 0.6) is 0 Å². The molecule has 1 amide bonds. The van der Waals surface area contributed by atoms with Gasteiger partial charge in [-0.15, -0.1) is 0 Å². The zero-order chi connectivity index (χ0) is 8.97. The Kier molecular flexibility index (Phi) is 3.04. The van der Waals surface area contributed by atoms with Crippen LogP contribution in [-0.2, 0) is 4.74 Å². The van der Waals surface area contributed by atoms with Crippen molar-refractivity contribution in [3.63, 3.8) is 0 Å². The lowest BCUT2D eigenvalue weighted by Crippen LogP contribution is -2.28. The van der Waals surface area contributed by atoms with E-state index in [1.807, 2.05) is 12.3 Å². The number of nitrogens with one attached hydrogen (secondary N) is 1. The number of rotatable bonds is 1. The van der Waals surface area contributed by atoms with E-state index < -0.39 is 6.09 Å². The Morgan fingerprint density at radius 1 is 1.83 bits per heavy atom. The van der Waals surface area contributed by atoms with E-state index in [2.05, 4.69) is 5.10 Å². The second-order valence-electron chi connectivity index (χ2n) is 2.75. The van der Waals surface area contributed by atoms with Gasteiger partial charge >= 0.3 is 6.09 Å². The van der Waals surface area contributed by atoms with Crippen LogP contribution in [0.1, 0.15) is 13.3 Å². The van der Waals surface area contributed by atoms with Crippen molar-refractivity contribution >= 4 is 11.8 Å². The van der Waals surface area contributed by atoms with E-state index in [1.54, 1.807) is 0 Å². The highest BCUT2D eigenvalue weighted by molar-refractivity contribution is 5.87. The lowest BCUT2D eigenvalue weighted by Gasteiger charge is -2.20. The Morgan fingerprint density at radius 3 is 3.17 bits per heavy atom. The van der Waals surface area contributed by atoms with Crippen LogP contribution in [0.25, 0.3) is 0 Å². The third-order valence-electron chi connectivity index (χ3n) is 1.73. The van der Waals surface area contributed by atoms with Crippen LogP contribution in [0.15, 0.2) is 5.10 Å². The molecule has 5 nitrogen and oxygen atoms in total. The summed E-state index contributed by atoms with van der Waals surface area (Å²) in [6, 6.07) is 0. The number of carbonyl (C=O) groups is 1. The molecular weight excluding hydrogens is 160 g/mol. The molecule has 1 unspecified atom stereocenters. The molecule has 2 N–H and O–H groups in total. The molecule has 0 aromatic carbocycles. The van der Waals surface area contributed by atoms with Crippen molar-refractivity contribution in [1.29, 1.82) is 0 Å². The van der Waals surface area contributed by atoms with Crippen molar-refractivity contribution in [2.24, 2.45) is 11.0 Å². The van der Waals surface area contributed by atoms with Crippen LogP contribution in [0.4, 0.5) is 4.79 Å². The first-order valence-electron chi connectivity index (χ1n) is 3.83. The molecule has 1 fully saturated rings. The topological polar surface area (TPSA) is 70.9 Å². The molecule has 0 radical (unpaired) electrons. The summed E-state index contributed by atoms with van der Waals surface area (Å²) in [5.74, 6) is 0.214. The Labute approximate surface area is 70.4 Å². The first-order chi connectivity index (χ1) is 5.70. The lowest BCUT2D eigenvalue weighted by molar-refractivity contribution is 0.110. The predicted octanol–water partition coefficient (Wildman–Crippen LogP) is 0.666. The van der Waals surface area contributed by atoms with Gasteiger partial charge in [0.2, 0.25) is 0 Å². The molecule has 0 saturated carbocycles. The maximum atomic E-state index is 10.1. The minimum absolute atomic E-state index is 0.214. The summed E-state index contributed by atoms with van der Waals surface area (Å²) < 4.78 is 5.16. The SMILES string of the molecule is CC1COCC/C1=N\NC(=O)O. The third-order valence-corrected chi connectivity index (χ3v) is 1.73. The minimum atomic E-state index is -1.12. The Balaban J connectivity index is 2.47. The zero-order valence-electron chi connectivity index (χ0n) is 6.91. The zero-order valence-corrected chi connectivity index (χ0v) is 6.91. The molecule has 1 saturated heterocycles. The first kappa shape index (κ1) is 8.99. The second kappa shape index (κ2) is 4.06. The summed E-state index contributed by atoms with van der Waals surface area (Å²) in [4.78, 5) is 10.1. The molecule has 0 aromatic rings. The van der Waals surface area contributed by atoms with E-state index in [0.29, 0.717) is 19.6 Å². The number of amides is 1. The highest BCUT2D eigenvalue weighted by Gasteiger charge is 2.16. The summed E-state index contributed by atoms with van der Waals surface area (Å²) in [5, 5.41) is 12.0. The van der Waals surface area contributed by atoms with E-state index in [1.165, 1.54) is 0 Å². The van der Waals surface area contributed by atoms with Crippen LogP contribution in [0, 0.1) is 5.92 Å². The Bertz CT molecular complexity index is 203. The maximum Gasteiger partial charge on any atom is 0.425 e. The molecule has 1 heterocycles. The molecule has 0 aromatic heterocycles. The lowest BCUT2D eigenvalue weighted by atomic mass is 10.0. The average Bonchev–Trinajstić information content (AvgIpc) is 2.03. The highest BCUT2D eigenvalue weighted by Crippen LogP contribution is 2.09. The van der Waals surface area contributed by atoms with Crippen molar-refractivity contribution in [2.45, 2.75) is 13.3 Å². The molecule has 5 heteroatoms. The summed E-state index contributed by atoms with van der Waals surface area (Å²) >= 11 is 0. The van der Waals surface area contributed by atoms with Crippen molar-refractivity contribution in [3.05, 3.63) is 0 Å². The van der Waals surface area contributed by atoms with Crippen molar-refractivity contribution in [1.82, 2.24) is 5.43 Å². The van der Waals surface area contributed by atoms with Crippen LogP contribution in [-0.4, -0.2) is 30.1 Å². The van der Waals surface area contributed by atoms with Gasteiger partial charge in [-0.1, -0.05) is 6.92 Å². The van der Waals surface area contributed by atoms with Crippen LogP contribution in [0.2, 0.25) is 0 Å². The highest BCUT2D eigenvalue weighted by atomic mass is 16.5. The number of hydrogen-bond donors (Lipinski definition) is 2. The van der Waals surface area contributed by atoms with E-state index >= 15 is 0 Å². The smallest absolute Gasteiger partial charge is 0.425 e. The number of carboxylic acid groups (broad SMARTS) is 1. The molecule has 0 aliphatic carbocycles. The van der Waals surface area contributed by atoms with Gasteiger partial charge in [0, 0.05) is 18.1 Å². The monoisotopic (exact) mass is 172 g/mol. The van der Waals surface area contributed by atoms with Crippen molar-refractivity contribution in [3.8, 4) is 0 Å². The molecular formula is C7H12N2O3. The van der Waals surface area contributed by atoms with E-state index in [4.69, 9.17) is 9.84 Å². The molecule has 1 aliphatic heterocycles. The van der Waals surface area contributed by atoms with Gasteiger partial charge in [-0.2, -0.15) is 5.10 Å². The fraction of sp³-hybridized carbons (Fsp3) is 0.714. The van der Waals surface area contributed by atoms with Crippen LogP contribution < -0.4 is 5.43 Å². The summed E-state index contributed by atoms with van der Waals surface area (Å²) in [6.45, 7) is 3.21. The minimum Gasteiger partial charge on any atom is -0.464 e. The molecule has 12 heavy (non-hydrogen) atoms. The average molecular weight is 172 g/mol. The first-order valence-corrected chi connectivity index (χ1v) is 3.83. The van der Waals surface area contributed by atoms with Gasteiger partial charge in [0.1, 0.15) is 0 Å². The second-order valence-corrected chi connectivity index (χ2v) is 2.75. The molecule has 0 spiro atoms. The Morgan fingerprint density at radius 2 is 2.58 bits per heavy atom. The molecule has 1 rings (SSSR count). The van der Waals surface area contributed by atoms with Gasteiger partial charge in [0.05, 0.1) is 13.2 Å². The van der Waals surface area contributed by atoms with E-state index in [0.717, 1.165) is 5.71 Å². The van der Waals surface area contributed by atoms with Gasteiger partial charge in [-0.05, 0) is 0 Å². The van der Waals surface area contributed by atoms with Crippen LogP contribution in [0.3, 0.4) is 0 Å². The van der Waals surface area contributed by atoms with Gasteiger partial charge in [0.25, 0.3) is 0 Å². The number of hydrazone groups is 1. The molecule has 0 bridgehead atoms. The standard InChI is InChI=1S/C7H12N2O3/c1-5-4-12-3-2-6(5)8-9-7(10)11/h5,9H,2-4H2,1H3,(H,10,11)/b8-6+. The van der Waals surface area contributed by atoms with Crippen molar-refractivity contribution < 1.29 is 14.6 Å². The third kappa shape index (κ3) is 2.50. The van der Waals surface area contributed by atoms with Gasteiger partial charge < -0.3 is 9.84 Å². The summed E-state index contributed by atoms with van der Waals surface area (Å²) in [6.07, 6.45) is -0.414. The molecule has 1 aliphatic rings.